The molecule has 0 bridgehead atoms. The van der Waals surface area contributed by atoms with Crippen LogP contribution in [0.15, 0.2) is 59.6 Å². The molecule has 0 unspecified atom stereocenters. The Morgan fingerprint density at radius 1 is 1.03 bits per heavy atom. The number of Topliss-reactive ketones (excluding diaryl/α,β-unsaturated/α-hetero) is 1. The van der Waals surface area contributed by atoms with Crippen LogP contribution in [0.2, 0.25) is 0 Å². The van der Waals surface area contributed by atoms with E-state index < -0.39 is 27.0 Å². The summed E-state index contributed by atoms with van der Waals surface area (Å²) in [6.45, 7) is 6.89. The lowest BCUT2D eigenvalue weighted by atomic mass is 9.90. The molecule has 6 nitrogen and oxygen atoms in total. The van der Waals surface area contributed by atoms with Gasteiger partial charge in [0.2, 0.25) is 0 Å². The maximum Gasteiger partial charge on any atom is 0.417 e. The zero-order chi connectivity index (χ0) is 26.9. The Hall–Kier alpha value is -3.11. The molecule has 0 atom stereocenters. The molecule has 0 radical (unpaired) electrons. The summed E-state index contributed by atoms with van der Waals surface area (Å²) in [5.41, 5.74) is 3.21. The number of nitrogens with zero attached hydrogens (tertiary/aromatic N) is 1. The molecule has 0 aliphatic rings. The molecule has 36 heavy (non-hydrogen) atoms. The van der Waals surface area contributed by atoms with Crippen LogP contribution in [0, 0.1) is 12.3 Å². The highest BCUT2D eigenvalue weighted by molar-refractivity contribution is 7.90. The van der Waals surface area contributed by atoms with Crippen LogP contribution in [-0.4, -0.2) is 25.0 Å². The summed E-state index contributed by atoms with van der Waals surface area (Å²) >= 11 is 0. The van der Waals surface area contributed by atoms with Gasteiger partial charge >= 0.3 is 6.18 Å². The van der Waals surface area contributed by atoms with E-state index in [0.29, 0.717) is 22.5 Å². The molecule has 1 N–H and O–H groups in total. The molecule has 0 aliphatic carbocycles. The Bertz CT molecular complexity index is 1350. The van der Waals surface area contributed by atoms with Crippen LogP contribution in [0.25, 0.3) is 11.3 Å². The van der Waals surface area contributed by atoms with Crippen molar-refractivity contribution in [2.75, 3.05) is 11.7 Å². The number of rotatable bonds is 8. The van der Waals surface area contributed by atoms with Gasteiger partial charge in [0.15, 0.2) is 15.6 Å². The number of anilines is 1. The summed E-state index contributed by atoms with van der Waals surface area (Å²) in [5, 5.41) is 0. The van der Waals surface area contributed by atoms with Gasteiger partial charge < -0.3 is 4.57 Å². The lowest BCUT2D eigenvalue weighted by Crippen LogP contribution is -2.25. The van der Waals surface area contributed by atoms with Gasteiger partial charge in [-0.25, -0.2) is 8.42 Å². The number of nitrogens with one attached hydrogen (secondary N) is 1. The van der Waals surface area contributed by atoms with E-state index in [-0.39, 0.29) is 29.4 Å². The Morgan fingerprint density at radius 3 is 2.19 bits per heavy atom. The smallest absolute Gasteiger partial charge is 0.339 e. The van der Waals surface area contributed by atoms with Crippen LogP contribution in [0.1, 0.15) is 37.5 Å². The third kappa shape index (κ3) is 6.36. The number of aromatic nitrogens is 1. The number of ketones is 1. The number of halogens is 3. The summed E-state index contributed by atoms with van der Waals surface area (Å²) in [5.74, 6) is -0.125. The molecule has 2 aromatic carbocycles. The molecule has 0 saturated heterocycles. The second-order valence-corrected chi connectivity index (χ2v) is 11.7. The van der Waals surface area contributed by atoms with Gasteiger partial charge in [0.25, 0.3) is 0 Å². The number of carbonyl (C=O) groups excluding carboxylic acids is 1. The lowest BCUT2D eigenvalue weighted by Gasteiger charge is -2.20. The Labute approximate surface area is 209 Å². The van der Waals surface area contributed by atoms with Gasteiger partial charge in [-0.2, -0.15) is 13.2 Å². The largest absolute Gasteiger partial charge is 0.417 e. The number of hydrogen-bond acceptors (Lipinski definition) is 5. The highest BCUT2D eigenvalue weighted by Gasteiger charge is 2.35. The van der Waals surface area contributed by atoms with Crippen molar-refractivity contribution in [2.45, 2.75) is 51.9 Å². The third-order valence-electron chi connectivity index (χ3n) is 5.77. The van der Waals surface area contributed by atoms with Crippen LogP contribution in [-0.2, 0) is 38.8 Å². The van der Waals surface area contributed by atoms with E-state index in [2.05, 4.69) is 5.48 Å². The summed E-state index contributed by atoms with van der Waals surface area (Å²) < 4.78 is 66.2. The third-order valence-corrected chi connectivity index (χ3v) is 6.90. The van der Waals surface area contributed by atoms with Crippen molar-refractivity contribution in [3.05, 3.63) is 71.4 Å². The first-order valence-corrected chi connectivity index (χ1v) is 13.0. The first-order valence-electron chi connectivity index (χ1n) is 11.2. The highest BCUT2D eigenvalue weighted by atomic mass is 32.2. The van der Waals surface area contributed by atoms with E-state index in [1.807, 2.05) is 0 Å². The molecule has 0 amide bonds. The van der Waals surface area contributed by atoms with Gasteiger partial charge in [-0.15, -0.1) is 0 Å². The normalized spacial score (nSPS) is 12.6. The first-order chi connectivity index (χ1) is 16.6. The number of sulfone groups is 1. The zero-order valence-corrected chi connectivity index (χ0v) is 21.5. The van der Waals surface area contributed by atoms with Gasteiger partial charge in [0.1, 0.15) is 6.61 Å². The Morgan fingerprint density at radius 2 is 1.64 bits per heavy atom. The predicted octanol–water partition coefficient (Wildman–Crippen LogP) is 6.04. The second-order valence-electron chi connectivity index (χ2n) is 9.66. The van der Waals surface area contributed by atoms with Gasteiger partial charge in [-0.1, -0.05) is 39.0 Å². The summed E-state index contributed by atoms with van der Waals surface area (Å²) in [4.78, 5) is 18.5. The monoisotopic (exact) mass is 522 g/mol. The van der Waals surface area contributed by atoms with E-state index in [1.54, 1.807) is 50.6 Å². The van der Waals surface area contributed by atoms with E-state index in [4.69, 9.17) is 4.84 Å². The van der Waals surface area contributed by atoms with Crippen molar-refractivity contribution in [3.63, 3.8) is 0 Å². The maximum atomic E-state index is 13.8. The van der Waals surface area contributed by atoms with Gasteiger partial charge in [-0.3, -0.25) is 15.1 Å². The molecule has 10 heteroatoms. The minimum atomic E-state index is -4.57. The van der Waals surface area contributed by atoms with Crippen LogP contribution < -0.4 is 5.48 Å². The van der Waals surface area contributed by atoms with E-state index in [9.17, 15) is 26.4 Å². The molecule has 0 spiro atoms. The summed E-state index contributed by atoms with van der Waals surface area (Å²) in [6, 6.07) is 11.2. The SMILES string of the molecule is Cc1c(CONc2ccc(S(C)(=O)=O)cc2)cn(CC(=O)C(C)(C)C)c1-c1ccccc1C(F)(F)F. The quantitative estimate of drug-likeness (QED) is 0.365. The van der Waals surface area contributed by atoms with Crippen molar-refractivity contribution in [1.82, 2.24) is 4.57 Å². The van der Waals surface area contributed by atoms with Crippen molar-refractivity contribution < 1.29 is 31.2 Å². The number of hydrogen-bond donors (Lipinski definition) is 1. The molecule has 0 saturated carbocycles. The topological polar surface area (TPSA) is 77.4 Å². The molecule has 0 fully saturated rings. The van der Waals surface area contributed by atoms with E-state index >= 15 is 0 Å². The fraction of sp³-hybridized carbons (Fsp3) is 0.346. The average molecular weight is 523 g/mol. The van der Waals surface area contributed by atoms with Crippen molar-refractivity contribution in [2.24, 2.45) is 5.41 Å². The minimum absolute atomic E-state index is 0.00243. The Kier molecular flexibility index (Phi) is 7.71. The standard InChI is InChI=1S/C26H29F3N2O4S/c1-17-18(16-35-30-19-10-12-20(13-11-19)36(5,33)34)14-31(15-23(32)25(2,3)4)24(17)21-8-6-7-9-22(21)26(27,28)29/h6-14,30H,15-16H2,1-5H3. The summed E-state index contributed by atoms with van der Waals surface area (Å²) in [7, 11) is -3.33. The maximum absolute atomic E-state index is 13.8. The second kappa shape index (κ2) is 10.1. The van der Waals surface area contributed by atoms with Gasteiger partial charge in [0, 0.05) is 29.0 Å². The fourth-order valence-corrected chi connectivity index (χ4v) is 4.27. The van der Waals surface area contributed by atoms with Crippen LogP contribution in [0.4, 0.5) is 18.9 Å². The van der Waals surface area contributed by atoms with Crippen molar-refractivity contribution >= 4 is 21.3 Å². The molecule has 1 heterocycles. The van der Waals surface area contributed by atoms with Crippen LogP contribution >= 0.6 is 0 Å². The molecule has 194 valence electrons. The molecule has 3 aromatic rings. The first kappa shape index (κ1) is 27.5. The number of benzene rings is 2. The van der Waals surface area contributed by atoms with Gasteiger partial charge in [-0.05, 0) is 42.8 Å². The summed E-state index contributed by atoms with van der Waals surface area (Å²) in [6.07, 6.45) is -1.82. The number of carbonyl (C=O) groups is 1. The lowest BCUT2D eigenvalue weighted by molar-refractivity contribution is -0.137. The van der Waals surface area contributed by atoms with Crippen LogP contribution in [0.5, 0.6) is 0 Å². The minimum Gasteiger partial charge on any atom is -0.339 e. The predicted molar refractivity (Wildman–Crippen MR) is 132 cm³/mol. The molecule has 0 aliphatic heterocycles. The molecule has 3 rings (SSSR count). The Balaban J connectivity index is 1.93. The highest BCUT2D eigenvalue weighted by Crippen LogP contribution is 2.39. The van der Waals surface area contributed by atoms with E-state index in [1.165, 1.54) is 30.3 Å². The average Bonchev–Trinajstić information content (AvgIpc) is 3.07. The van der Waals surface area contributed by atoms with Crippen molar-refractivity contribution in [1.29, 1.82) is 0 Å². The molecule has 1 aromatic heterocycles. The molecular formula is C26H29F3N2O4S. The van der Waals surface area contributed by atoms with E-state index in [0.717, 1.165) is 12.3 Å². The number of alkyl halides is 3. The zero-order valence-electron chi connectivity index (χ0n) is 20.7. The van der Waals surface area contributed by atoms with Crippen LogP contribution in [0.3, 0.4) is 0 Å². The fourth-order valence-electron chi connectivity index (χ4n) is 3.64. The van der Waals surface area contributed by atoms with Crippen molar-refractivity contribution in [3.8, 4) is 11.3 Å². The molecular weight excluding hydrogens is 493 g/mol. The van der Waals surface area contributed by atoms with Gasteiger partial charge in [0.05, 0.1) is 28.4 Å².